The highest BCUT2D eigenvalue weighted by atomic mass is 35.5. The molecule has 0 heterocycles. The van der Waals surface area contributed by atoms with Gasteiger partial charge < -0.3 is 5.11 Å². The van der Waals surface area contributed by atoms with Gasteiger partial charge in [-0.3, -0.25) is 0 Å². The fraction of sp³-hybridized carbons (Fsp3) is 0.467. The third kappa shape index (κ3) is 3.98. The second kappa shape index (κ2) is 5.98. The zero-order valence-electron chi connectivity index (χ0n) is 12.0. The molecule has 21 heavy (non-hydrogen) atoms. The fourth-order valence-electron chi connectivity index (χ4n) is 1.94. The van der Waals surface area contributed by atoms with Gasteiger partial charge in [0, 0.05) is 18.0 Å². The van der Waals surface area contributed by atoms with E-state index >= 15 is 0 Å². The van der Waals surface area contributed by atoms with E-state index < -0.39 is 10.0 Å². The highest BCUT2D eigenvalue weighted by molar-refractivity contribution is 7.89. The van der Waals surface area contributed by atoms with Crippen molar-refractivity contribution in [2.24, 2.45) is 5.41 Å². The van der Waals surface area contributed by atoms with E-state index in [0.29, 0.717) is 12.0 Å². The van der Waals surface area contributed by atoms with Gasteiger partial charge in [0.1, 0.15) is 4.90 Å². The summed E-state index contributed by atoms with van der Waals surface area (Å²) >= 11 is 6.07. The number of nitrogens with one attached hydrogen (secondary N) is 1. The molecule has 1 fully saturated rings. The van der Waals surface area contributed by atoms with Crippen molar-refractivity contribution in [1.82, 2.24) is 4.72 Å². The summed E-state index contributed by atoms with van der Waals surface area (Å²) in [4.78, 5) is 0.0691. The molecular formula is C15H18ClNO3S. The molecule has 0 bridgehead atoms. The fourth-order valence-corrected chi connectivity index (χ4v) is 3.89. The van der Waals surface area contributed by atoms with Gasteiger partial charge in [-0.25, -0.2) is 13.1 Å². The van der Waals surface area contributed by atoms with E-state index in [-0.39, 0.29) is 28.0 Å². The second-order valence-electron chi connectivity index (χ2n) is 5.79. The topological polar surface area (TPSA) is 66.4 Å². The summed E-state index contributed by atoms with van der Waals surface area (Å²) in [5.41, 5.74) is 0.633. The molecule has 1 aromatic rings. The van der Waals surface area contributed by atoms with Gasteiger partial charge in [0.05, 0.1) is 11.6 Å². The summed E-state index contributed by atoms with van der Waals surface area (Å²) in [6.07, 6.45) is 1.20. The summed E-state index contributed by atoms with van der Waals surface area (Å²) in [5.74, 6) is 5.59. The summed E-state index contributed by atoms with van der Waals surface area (Å²) < 4.78 is 27.3. The highest BCUT2D eigenvalue weighted by Crippen LogP contribution is 2.45. The van der Waals surface area contributed by atoms with Crippen LogP contribution in [0.25, 0.3) is 0 Å². The van der Waals surface area contributed by atoms with Gasteiger partial charge >= 0.3 is 0 Å². The first kappa shape index (κ1) is 16.3. The molecule has 114 valence electrons. The van der Waals surface area contributed by atoms with Crippen LogP contribution in [0, 0.1) is 17.3 Å². The van der Waals surface area contributed by atoms with E-state index in [1.807, 2.05) is 13.8 Å². The van der Waals surface area contributed by atoms with Crippen LogP contribution in [0.5, 0.6) is 0 Å². The Morgan fingerprint density at radius 2 is 2.14 bits per heavy atom. The molecule has 2 N–H and O–H groups in total. The third-order valence-electron chi connectivity index (χ3n) is 3.50. The molecule has 1 aliphatic carbocycles. The Morgan fingerprint density at radius 3 is 2.67 bits per heavy atom. The van der Waals surface area contributed by atoms with Crippen molar-refractivity contribution in [2.75, 3.05) is 6.61 Å². The van der Waals surface area contributed by atoms with E-state index in [0.717, 1.165) is 6.42 Å². The number of halogens is 1. The molecular weight excluding hydrogens is 310 g/mol. The van der Waals surface area contributed by atoms with Crippen LogP contribution in [0.3, 0.4) is 0 Å². The highest BCUT2D eigenvalue weighted by Gasteiger charge is 2.48. The number of aliphatic hydroxyl groups excluding tert-OH is 1. The lowest BCUT2D eigenvalue weighted by atomic mass is 10.2. The SMILES string of the molecule is CC1(C)CC1NS(=O)(=O)c1ccc(C#CCCO)cc1Cl. The first-order chi connectivity index (χ1) is 9.76. The van der Waals surface area contributed by atoms with Crippen LogP contribution in [-0.2, 0) is 10.0 Å². The third-order valence-corrected chi connectivity index (χ3v) is 5.46. The zero-order valence-corrected chi connectivity index (χ0v) is 13.6. The maximum atomic E-state index is 12.3. The van der Waals surface area contributed by atoms with Crippen molar-refractivity contribution in [2.45, 2.75) is 37.6 Å². The Labute approximate surface area is 130 Å². The molecule has 4 nitrogen and oxygen atoms in total. The molecule has 1 unspecified atom stereocenters. The van der Waals surface area contributed by atoms with Crippen molar-refractivity contribution < 1.29 is 13.5 Å². The van der Waals surface area contributed by atoms with Crippen LogP contribution in [0.15, 0.2) is 23.1 Å². The largest absolute Gasteiger partial charge is 0.395 e. The number of hydrogen-bond donors (Lipinski definition) is 2. The average molecular weight is 328 g/mol. The van der Waals surface area contributed by atoms with Gasteiger partial charge in [-0.2, -0.15) is 0 Å². The molecule has 0 aromatic heterocycles. The minimum Gasteiger partial charge on any atom is -0.395 e. The first-order valence-corrected chi connectivity index (χ1v) is 8.54. The van der Waals surface area contributed by atoms with E-state index in [1.165, 1.54) is 12.1 Å². The molecule has 0 amide bonds. The lowest BCUT2D eigenvalue weighted by molar-refractivity contribution is 0.305. The van der Waals surface area contributed by atoms with E-state index in [2.05, 4.69) is 16.6 Å². The Kier molecular flexibility index (Phi) is 4.64. The van der Waals surface area contributed by atoms with Crippen LogP contribution >= 0.6 is 11.6 Å². The summed E-state index contributed by atoms with van der Waals surface area (Å²) in [6.45, 7) is 4.03. The van der Waals surface area contributed by atoms with Gasteiger partial charge in [0.25, 0.3) is 0 Å². The van der Waals surface area contributed by atoms with Crippen LogP contribution in [0.4, 0.5) is 0 Å². The molecule has 0 aliphatic heterocycles. The number of rotatable bonds is 4. The summed E-state index contributed by atoms with van der Waals surface area (Å²) in [5, 5.41) is 8.82. The number of benzene rings is 1. The molecule has 1 atom stereocenters. The number of hydrogen-bond acceptors (Lipinski definition) is 3. The Hall–Kier alpha value is -1.06. The standard InChI is InChI=1S/C15H18ClNO3S/c1-15(2)10-14(15)17-21(19,20)13-7-6-11(9-12(13)16)5-3-4-8-18/h6-7,9,14,17-18H,4,8,10H2,1-2H3. The first-order valence-electron chi connectivity index (χ1n) is 6.68. The lowest BCUT2D eigenvalue weighted by Gasteiger charge is -2.09. The predicted molar refractivity (Wildman–Crippen MR) is 82.5 cm³/mol. The van der Waals surface area contributed by atoms with Crippen LogP contribution < -0.4 is 4.72 Å². The smallest absolute Gasteiger partial charge is 0.242 e. The zero-order chi connectivity index (χ0) is 15.7. The normalized spacial score (nSPS) is 19.7. The Balaban J connectivity index is 2.19. The molecule has 2 rings (SSSR count). The maximum Gasteiger partial charge on any atom is 0.242 e. The Bertz CT molecular complexity index is 701. The van der Waals surface area contributed by atoms with Gasteiger partial charge in [0.2, 0.25) is 10.0 Å². The minimum absolute atomic E-state index is 0.00567. The molecule has 1 aliphatic rings. The molecule has 1 saturated carbocycles. The van der Waals surface area contributed by atoms with Gasteiger partial charge in [-0.05, 0) is 30.0 Å². The summed E-state index contributed by atoms with van der Waals surface area (Å²) in [6, 6.07) is 4.56. The van der Waals surface area contributed by atoms with Crippen molar-refractivity contribution >= 4 is 21.6 Å². The second-order valence-corrected chi connectivity index (χ2v) is 7.88. The maximum absolute atomic E-state index is 12.3. The minimum atomic E-state index is -3.61. The quantitative estimate of drug-likeness (QED) is 0.833. The predicted octanol–water partition coefficient (Wildman–Crippen LogP) is 2.15. The van der Waals surface area contributed by atoms with Crippen molar-refractivity contribution in [3.05, 3.63) is 28.8 Å². The molecule has 0 saturated heterocycles. The van der Waals surface area contributed by atoms with Crippen molar-refractivity contribution in [3.8, 4) is 11.8 Å². The molecule has 1 aromatic carbocycles. The van der Waals surface area contributed by atoms with Gasteiger partial charge in [0.15, 0.2) is 0 Å². The van der Waals surface area contributed by atoms with Crippen LogP contribution in [0.1, 0.15) is 32.3 Å². The van der Waals surface area contributed by atoms with Crippen LogP contribution in [0.2, 0.25) is 5.02 Å². The van der Waals surface area contributed by atoms with Crippen LogP contribution in [-0.4, -0.2) is 26.2 Å². The molecule has 0 radical (unpaired) electrons. The average Bonchev–Trinajstić information content (AvgIpc) is 2.95. The molecule has 0 spiro atoms. The van der Waals surface area contributed by atoms with E-state index in [4.69, 9.17) is 16.7 Å². The molecule has 6 heteroatoms. The van der Waals surface area contributed by atoms with Crippen molar-refractivity contribution in [1.29, 1.82) is 0 Å². The number of aliphatic hydroxyl groups is 1. The van der Waals surface area contributed by atoms with E-state index in [9.17, 15) is 8.42 Å². The van der Waals surface area contributed by atoms with Gasteiger partial charge in [-0.1, -0.05) is 37.3 Å². The summed E-state index contributed by atoms with van der Waals surface area (Å²) in [7, 11) is -3.61. The van der Waals surface area contributed by atoms with E-state index in [1.54, 1.807) is 6.07 Å². The lowest BCUT2D eigenvalue weighted by Crippen LogP contribution is -2.28. The van der Waals surface area contributed by atoms with Crippen molar-refractivity contribution in [3.63, 3.8) is 0 Å². The number of sulfonamides is 1. The Morgan fingerprint density at radius 1 is 1.48 bits per heavy atom. The monoisotopic (exact) mass is 327 g/mol. The van der Waals surface area contributed by atoms with Gasteiger partial charge in [-0.15, -0.1) is 0 Å².